The first-order valence-corrected chi connectivity index (χ1v) is 12.9. The van der Waals surface area contributed by atoms with Crippen LogP contribution in [-0.2, 0) is 21.4 Å². The highest BCUT2D eigenvalue weighted by Crippen LogP contribution is 2.21. The minimum absolute atomic E-state index is 0.0126. The molecule has 7 nitrogen and oxygen atoms in total. The molecule has 1 N–H and O–H groups in total. The molecule has 8 heteroatoms. The molecular weight excluding hydrogens is 438 g/mol. The number of nitrogens with one attached hydrogen (secondary N) is 1. The van der Waals surface area contributed by atoms with Gasteiger partial charge in [0, 0.05) is 45.7 Å². The van der Waals surface area contributed by atoms with Crippen LogP contribution in [0, 0.1) is 20.8 Å². The van der Waals surface area contributed by atoms with Crippen molar-refractivity contribution in [3.8, 4) is 5.75 Å². The molecule has 3 rings (SSSR count). The number of methoxy groups -OCH3 is 1. The third-order valence-corrected chi connectivity index (χ3v) is 7.78. The minimum Gasteiger partial charge on any atom is -0.497 e. The van der Waals surface area contributed by atoms with Gasteiger partial charge in [0.2, 0.25) is 15.9 Å². The van der Waals surface area contributed by atoms with Crippen LogP contribution in [0.5, 0.6) is 5.75 Å². The van der Waals surface area contributed by atoms with Gasteiger partial charge in [-0.05, 0) is 56.0 Å². The molecule has 0 radical (unpaired) electrons. The number of carbonyl (C=O) groups excluding carboxylic acids is 1. The summed E-state index contributed by atoms with van der Waals surface area (Å²) in [5.74, 6) is 0.830. The fourth-order valence-corrected chi connectivity index (χ4v) is 5.96. The second-order valence-corrected chi connectivity index (χ2v) is 10.4. The van der Waals surface area contributed by atoms with Crippen molar-refractivity contribution in [2.45, 2.75) is 45.1 Å². The molecule has 1 fully saturated rings. The zero-order valence-electron chi connectivity index (χ0n) is 20.1. The largest absolute Gasteiger partial charge is 0.497 e. The molecule has 0 aliphatic carbocycles. The smallest absolute Gasteiger partial charge is 0.241 e. The molecule has 0 atom stereocenters. The molecule has 0 saturated carbocycles. The zero-order chi connectivity index (χ0) is 24.0. The average Bonchev–Trinajstić information content (AvgIpc) is 2.99. The summed E-state index contributed by atoms with van der Waals surface area (Å²) in [6.45, 7) is 9.55. The van der Waals surface area contributed by atoms with Gasteiger partial charge in [0.25, 0.3) is 0 Å². The van der Waals surface area contributed by atoms with E-state index in [9.17, 15) is 13.2 Å². The van der Waals surface area contributed by atoms with E-state index in [1.165, 1.54) is 5.56 Å². The molecule has 1 heterocycles. The number of aryl methyl sites for hydroxylation is 3. The molecule has 33 heavy (non-hydrogen) atoms. The molecular formula is C25H35N3O4S. The Bertz CT molecular complexity index is 1040. The number of amides is 1. The molecule has 180 valence electrons. The first-order chi connectivity index (χ1) is 15.7. The van der Waals surface area contributed by atoms with Crippen LogP contribution in [0.2, 0.25) is 0 Å². The molecule has 1 aliphatic rings. The molecule has 2 aromatic rings. The number of carbonyl (C=O) groups is 1. The van der Waals surface area contributed by atoms with E-state index in [2.05, 4.69) is 21.8 Å². The van der Waals surface area contributed by atoms with Gasteiger partial charge < -0.3 is 9.64 Å². The molecule has 0 bridgehead atoms. The standard InChI is InChI=1S/C25H35N3O4S/c1-19-16-20(2)25(21(3)17-19)33(30,31)26-11-10-24(29)28-13-5-12-27(14-15-28)18-22-6-8-23(32-4)9-7-22/h6-9,16-17,26H,5,10-15,18H2,1-4H3. The van der Waals surface area contributed by atoms with E-state index >= 15 is 0 Å². The van der Waals surface area contributed by atoms with E-state index < -0.39 is 10.0 Å². The molecule has 0 spiro atoms. The van der Waals surface area contributed by atoms with Crippen molar-refractivity contribution < 1.29 is 17.9 Å². The Hall–Kier alpha value is -2.42. The predicted molar refractivity (Wildman–Crippen MR) is 130 cm³/mol. The highest BCUT2D eigenvalue weighted by atomic mass is 32.2. The lowest BCUT2D eigenvalue weighted by molar-refractivity contribution is -0.130. The lowest BCUT2D eigenvalue weighted by Crippen LogP contribution is -2.37. The maximum atomic E-state index is 12.8. The lowest BCUT2D eigenvalue weighted by atomic mass is 10.1. The van der Waals surface area contributed by atoms with Crippen molar-refractivity contribution in [1.29, 1.82) is 0 Å². The van der Waals surface area contributed by atoms with E-state index in [4.69, 9.17) is 4.74 Å². The predicted octanol–water partition coefficient (Wildman–Crippen LogP) is 3.02. The topological polar surface area (TPSA) is 79.0 Å². The van der Waals surface area contributed by atoms with Crippen molar-refractivity contribution in [1.82, 2.24) is 14.5 Å². The van der Waals surface area contributed by atoms with Crippen molar-refractivity contribution >= 4 is 15.9 Å². The zero-order valence-corrected chi connectivity index (χ0v) is 20.9. The first-order valence-electron chi connectivity index (χ1n) is 11.4. The highest BCUT2D eigenvalue weighted by Gasteiger charge is 2.22. The second kappa shape index (κ2) is 11.1. The van der Waals surface area contributed by atoms with Crippen LogP contribution >= 0.6 is 0 Å². The number of sulfonamides is 1. The Kier molecular flexibility index (Phi) is 8.51. The Morgan fingerprint density at radius 1 is 1.00 bits per heavy atom. The lowest BCUT2D eigenvalue weighted by Gasteiger charge is -2.22. The summed E-state index contributed by atoms with van der Waals surface area (Å²) in [6.07, 6.45) is 1.05. The highest BCUT2D eigenvalue weighted by molar-refractivity contribution is 7.89. The van der Waals surface area contributed by atoms with Crippen LogP contribution in [0.3, 0.4) is 0 Å². The monoisotopic (exact) mass is 473 g/mol. The van der Waals surface area contributed by atoms with Gasteiger partial charge in [0.15, 0.2) is 0 Å². The van der Waals surface area contributed by atoms with E-state index in [1.807, 2.05) is 36.1 Å². The Labute approximate surface area is 197 Å². The van der Waals surface area contributed by atoms with Gasteiger partial charge in [-0.15, -0.1) is 0 Å². The number of ether oxygens (including phenoxy) is 1. The molecule has 0 aromatic heterocycles. The van der Waals surface area contributed by atoms with Gasteiger partial charge in [-0.3, -0.25) is 9.69 Å². The van der Waals surface area contributed by atoms with Crippen LogP contribution in [0.1, 0.15) is 35.1 Å². The normalized spacial score (nSPS) is 15.3. The SMILES string of the molecule is COc1ccc(CN2CCCN(C(=O)CCNS(=O)(=O)c3c(C)cc(C)cc3C)CC2)cc1. The molecule has 1 aliphatic heterocycles. The third kappa shape index (κ3) is 6.79. The maximum Gasteiger partial charge on any atom is 0.241 e. The van der Waals surface area contributed by atoms with Crippen LogP contribution in [0.4, 0.5) is 0 Å². The van der Waals surface area contributed by atoms with Crippen molar-refractivity contribution in [2.75, 3.05) is 39.8 Å². The Morgan fingerprint density at radius 2 is 1.67 bits per heavy atom. The third-order valence-electron chi connectivity index (χ3n) is 6.01. The summed E-state index contributed by atoms with van der Waals surface area (Å²) in [7, 11) is -2.00. The summed E-state index contributed by atoms with van der Waals surface area (Å²) < 4.78 is 33.4. The van der Waals surface area contributed by atoms with Crippen LogP contribution in [-0.4, -0.2) is 64.0 Å². The minimum atomic E-state index is -3.66. The van der Waals surface area contributed by atoms with Crippen molar-refractivity contribution in [3.63, 3.8) is 0 Å². The summed E-state index contributed by atoms with van der Waals surface area (Å²) >= 11 is 0. The number of hydrogen-bond donors (Lipinski definition) is 1. The first kappa shape index (κ1) is 25.2. The van der Waals surface area contributed by atoms with Gasteiger partial charge in [0.1, 0.15) is 5.75 Å². The van der Waals surface area contributed by atoms with Gasteiger partial charge in [-0.1, -0.05) is 29.8 Å². The number of benzene rings is 2. The van der Waals surface area contributed by atoms with E-state index in [1.54, 1.807) is 21.0 Å². The summed E-state index contributed by atoms with van der Waals surface area (Å²) in [5.41, 5.74) is 3.68. The fourth-order valence-electron chi connectivity index (χ4n) is 4.48. The van der Waals surface area contributed by atoms with Crippen LogP contribution in [0.15, 0.2) is 41.3 Å². The number of hydrogen-bond acceptors (Lipinski definition) is 5. The molecule has 1 amide bonds. The van der Waals surface area contributed by atoms with Gasteiger partial charge in [0.05, 0.1) is 12.0 Å². The van der Waals surface area contributed by atoms with Crippen molar-refractivity contribution in [2.24, 2.45) is 0 Å². The van der Waals surface area contributed by atoms with Crippen molar-refractivity contribution in [3.05, 3.63) is 58.7 Å². The maximum absolute atomic E-state index is 12.8. The van der Waals surface area contributed by atoms with E-state index in [0.29, 0.717) is 18.0 Å². The van der Waals surface area contributed by atoms with Crippen LogP contribution in [0.25, 0.3) is 0 Å². The Balaban J connectivity index is 1.49. The van der Waals surface area contributed by atoms with Gasteiger partial charge >= 0.3 is 0 Å². The second-order valence-electron chi connectivity index (χ2n) is 8.73. The van der Waals surface area contributed by atoms with E-state index in [-0.39, 0.29) is 18.9 Å². The molecule has 2 aromatic carbocycles. The number of nitrogens with zero attached hydrogens (tertiary/aromatic N) is 2. The summed E-state index contributed by atoms with van der Waals surface area (Å²) in [6, 6.07) is 11.8. The van der Waals surface area contributed by atoms with Gasteiger partial charge in [-0.25, -0.2) is 13.1 Å². The van der Waals surface area contributed by atoms with Crippen LogP contribution < -0.4 is 9.46 Å². The number of rotatable bonds is 8. The summed E-state index contributed by atoms with van der Waals surface area (Å²) in [4.78, 5) is 17.3. The Morgan fingerprint density at radius 3 is 2.30 bits per heavy atom. The average molecular weight is 474 g/mol. The molecule has 0 unspecified atom stereocenters. The summed E-state index contributed by atoms with van der Waals surface area (Å²) in [5, 5.41) is 0. The van der Waals surface area contributed by atoms with Gasteiger partial charge in [-0.2, -0.15) is 0 Å². The fraction of sp³-hybridized carbons (Fsp3) is 0.480. The molecule has 1 saturated heterocycles. The quantitative estimate of drug-likeness (QED) is 0.638. The van der Waals surface area contributed by atoms with E-state index in [0.717, 1.165) is 48.5 Å².